The summed E-state index contributed by atoms with van der Waals surface area (Å²) in [5, 5.41) is 7.70. The Hall–Kier alpha value is -2.14. The van der Waals surface area contributed by atoms with Gasteiger partial charge in [0, 0.05) is 17.8 Å². The Morgan fingerprint density at radius 1 is 1.17 bits per heavy atom. The average molecular weight is 328 g/mol. The summed E-state index contributed by atoms with van der Waals surface area (Å²) in [6.45, 7) is 2.90. The van der Waals surface area contributed by atoms with E-state index in [2.05, 4.69) is 17.6 Å². The van der Waals surface area contributed by atoms with Gasteiger partial charge in [-0.1, -0.05) is 19.1 Å². The molecular weight excluding hydrogens is 308 g/mol. The lowest BCUT2D eigenvalue weighted by Gasteiger charge is -2.13. The highest BCUT2D eigenvalue weighted by Gasteiger charge is 2.40. The third kappa shape index (κ3) is 3.79. The minimum atomic E-state index is -0.152. The van der Waals surface area contributed by atoms with E-state index in [-0.39, 0.29) is 11.8 Å². The van der Waals surface area contributed by atoms with Gasteiger partial charge in [-0.3, -0.25) is 9.59 Å². The molecule has 0 radical (unpaired) electrons. The molecule has 5 heteroatoms. The number of anilines is 1. The topological polar surface area (TPSA) is 58.2 Å². The summed E-state index contributed by atoms with van der Waals surface area (Å²) >= 11 is 1.39. The van der Waals surface area contributed by atoms with Gasteiger partial charge >= 0.3 is 0 Å². The highest BCUT2D eigenvalue weighted by molar-refractivity contribution is 7.12. The van der Waals surface area contributed by atoms with Crippen LogP contribution in [0.25, 0.3) is 0 Å². The molecule has 0 saturated heterocycles. The lowest BCUT2D eigenvalue weighted by atomic mass is 10.0. The zero-order valence-electron chi connectivity index (χ0n) is 13.1. The Morgan fingerprint density at radius 2 is 2.00 bits per heavy atom. The summed E-state index contributed by atoms with van der Waals surface area (Å²) in [7, 11) is 0. The van der Waals surface area contributed by atoms with Gasteiger partial charge in [-0.15, -0.1) is 11.3 Å². The van der Waals surface area contributed by atoms with Crippen LogP contribution in [0.15, 0.2) is 41.8 Å². The molecule has 2 aromatic rings. The number of hydrogen-bond donors (Lipinski definition) is 2. The molecule has 1 heterocycles. The first-order chi connectivity index (χ1) is 11.1. The normalized spacial score (nSPS) is 15.0. The van der Waals surface area contributed by atoms with Crippen molar-refractivity contribution in [1.82, 2.24) is 5.32 Å². The van der Waals surface area contributed by atoms with Gasteiger partial charge in [0.05, 0.1) is 4.88 Å². The SMILES string of the molecule is CCC1(CNC(=O)c2cccc(NC(=O)c3cccs3)c2)CC1. The number of rotatable bonds is 6. The van der Waals surface area contributed by atoms with Crippen LogP contribution in [-0.4, -0.2) is 18.4 Å². The highest BCUT2D eigenvalue weighted by atomic mass is 32.1. The number of nitrogens with one attached hydrogen (secondary N) is 2. The maximum atomic E-state index is 12.3. The van der Waals surface area contributed by atoms with Crippen LogP contribution in [0.3, 0.4) is 0 Å². The quantitative estimate of drug-likeness (QED) is 0.844. The van der Waals surface area contributed by atoms with Crippen LogP contribution in [0.2, 0.25) is 0 Å². The fraction of sp³-hybridized carbons (Fsp3) is 0.333. The monoisotopic (exact) mass is 328 g/mol. The molecule has 1 aromatic carbocycles. The van der Waals surface area contributed by atoms with E-state index in [1.807, 2.05) is 11.4 Å². The van der Waals surface area contributed by atoms with E-state index in [0.717, 1.165) is 13.0 Å². The smallest absolute Gasteiger partial charge is 0.265 e. The van der Waals surface area contributed by atoms with Gasteiger partial charge in [0.25, 0.3) is 11.8 Å². The van der Waals surface area contributed by atoms with Crippen molar-refractivity contribution in [1.29, 1.82) is 0 Å². The standard InChI is InChI=1S/C18H20N2O2S/c1-2-18(8-9-18)12-19-16(21)13-5-3-6-14(11-13)20-17(22)15-7-4-10-23-15/h3-7,10-11H,2,8-9,12H2,1H3,(H,19,21)(H,20,22). The molecule has 0 bridgehead atoms. The molecule has 2 N–H and O–H groups in total. The second-order valence-electron chi connectivity index (χ2n) is 6.05. The lowest BCUT2D eigenvalue weighted by Crippen LogP contribution is -2.30. The fourth-order valence-electron chi connectivity index (χ4n) is 2.54. The summed E-state index contributed by atoms with van der Waals surface area (Å²) in [5.74, 6) is -0.238. The van der Waals surface area contributed by atoms with Crippen molar-refractivity contribution in [3.05, 3.63) is 52.2 Å². The molecule has 0 atom stereocenters. The molecule has 1 aliphatic rings. The first-order valence-electron chi connectivity index (χ1n) is 7.85. The molecule has 4 nitrogen and oxygen atoms in total. The van der Waals surface area contributed by atoms with E-state index < -0.39 is 0 Å². The highest BCUT2D eigenvalue weighted by Crippen LogP contribution is 2.47. The molecule has 0 spiro atoms. The number of amides is 2. The Morgan fingerprint density at radius 3 is 2.65 bits per heavy atom. The molecule has 1 saturated carbocycles. The number of benzene rings is 1. The first-order valence-corrected chi connectivity index (χ1v) is 8.73. The summed E-state index contributed by atoms with van der Waals surface area (Å²) in [6, 6.07) is 10.7. The van der Waals surface area contributed by atoms with Crippen LogP contribution in [0.1, 0.15) is 46.2 Å². The van der Waals surface area contributed by atoms with Crippen molar-refractivity contribution >= 4 is 28.8 Å². The number of carbonyl (C=O) groups excluding carboxylic acids is 2. The number of hydrogen-bond acceptors (Lipinski definition) is 3. The predicted octanol–water partition coefficient (Wildman–Crippen LogP) is 3.92. The van der Waals surface area contributed by atoms with E-state index in [4.69, 9.17) is 0 Å². The molecule has 0 unspecified atom stereocenters. The molecule has 2 amide bonds. The van der Waals surface area contributed by atoms with Gasteiger partial charge in [-0.2, -0.15) is 0 Å². The average Bonchev–Trinajstić information content (AvgIpc) is 3.14. The zero-order valence-corrected chi connectivity index (χ0v) is 13.9. The van der Waals surface area contributed by atoms with E-state index >= 15 is 0 Å². The van der Waals surface area contributed by atoms with E-state index in [1.165, 1.54) is 24.2 Å². The Bertz CT molecular complexity index is 706. The van der Waals surface area contributed by atoms with Crippen LogP contribution in [0.5, 0.6) is 0 Å². The summed E-state index contributed by atoms with van der Waals surface area (Å²) in [5.41, 5.74) is 1.52. The minimum absolute atomic E-state index is 0.0862. The summed E-state index contributed by atoms with van der Waals surface area (Å²) in [4.78, 5) is 25.0. The van der Waals surface area contributed by atoms with Crippen molar-refractivity contribution in [3.8, 4) is 0 Å². The van der Waals surface area contributed by atoms with E-state index in [0.29, 0.717) is 21.5 Å². The lowest BCUT2D eigenvalue weighted by molar-refractivity contribution is 0.0943. The molecule has 1 aliphatic carbocycles. The van der Waals surface area contributed by atoms with E-state index in [9.17, 15) is 9.59 Å². The van der Waals surface area contributed by atoms with Crippen molar-refractivity contribution in [2.45, 2.75) is 26.2 Å². The van der Waals surface area contributed by atoms with Gasteiger partial charge in [0.2, 0.25) is 0 Å². The maximum Gasteiger partial charge on any atom is 0.265 e. The van der Waals surface area contributed by atoms with Crippen LogP contribution >= 0.6 is 11.3 Å². The van der Waals surface area contributed by atoms with Gasteiger partial charge < -0.3 is 10.6 Å². The van der Waals surface area contributed by atoms with Crippen LogP contribution < -0.4 is 10.6 Å². The number of thiophene rings is 1. The molecule has 23 heavy (non-hydrogen) atoms. The van der Waals surface area contributed by atoms with Crippen molar-refractivity contribution in [3.63, 3.8) is 0 Å². The van der Waals surface area contributed by atoms with Crippen LogP contribution in [-0.2, 0) is 0 Å². The van der Waals surface area contributed by atoms with Crippen molar-refractivity contribution in [2.75, 3.05) is 11.9 Å². The Labute approximate surface area is 139 Å². The van der Waals surface area contributed by atoms with Crippen molar-refractivity contribution < 1.29 is 9.59 Å². The molecule has 0 aliphatic heterocycles. The third-order valence-electron chi connectivity index (χ3n) is 4.46. The zero-order chi connectivity index (χ0) is 16.3. The second-order valence-corrected chi connectivity index (χ2v) is 7.00. The number of carbonyl (C=O) groups is 2. The second kappa shape index (κ2) is 6.54. The largest absolute Gasteiger partial charge is 0.351 e. The molecule has 1 fully saturated rings. The third-order valence-corrected chi connectivity index (χ3v) is 5.33. The molecule has 120 valence electrons. The van der Waals surface area contributed by atoms with Crippen LogP contribution in [0.4, 0.5) is 5.69 Å². The van der Waals surface area contributed by atoms with Crippen molar-refractivity contribution in [2.24, 2.45) is 5.41 Å². The van der Waals surface area contributed by atoms with Crippen LogP contribution in [0, 0.1) is 5.41 Å². The van der Waals surface area contributed by atoms with Gasteiger partial charge in [-0.25, -0.2) is 0 Å². The molecule has 1 aromatic heterocycles. The Kier molecular flexibility index (Phi) is 4.48. The van der Waals surface area contributed by atoms with Gasteiger partial charge in [0.1, 0.15) is 0 Å². The first kappa shape index (κ1) is 15.7. The molecular formula is C18H20N2O2S. The van der Waals surface area contributed by atoms with Gasteiger partial charge in [-0.05, 0) is 54.3 Å². The van der Waals surface area contributed by atoms with Gasteiger partial charge in [0.15, 0.2) is 0 Å². The fourth-order valence-corrected chi connectivity index (χ4v) is 3.16. The minimum Gasteiger partial charge on any atom is -0.351 e. The molecule has 3 rings (SSSR count). The predicted molar refractivity (Wildman–Crippen MR) is 93.0 cm³/mol. The van der Waals surface area contributed by atoms with E-state index in [1.54, 1.807) is 30.3 Å². The maximum absolute atomic E-state index is 12.3. The summed E-state index contributed by atoms with van der Waals surface area (Å²) < 4.78 is 0. The Balaban J connectivity index is 1.62. The summed E-state index contributed by atoms with van der Waals surface area (Å²) in [6.07, 6.45) is 3.49.